The van der Waals surface area contributed by atoms with Crippen molar-refractivity contribution in [2.45, 2.75) is 23.5 Å². The summed E-state index contributed by atoms with van der Waals surface area (Å²) in [6, 6.07) is 30.2. The fourth-order valence-corrected chi connectivity index (χ4v) is 5.17. The molecule has 0 saturated carbocycles. The number of carbonyl (C=O) groups is 3. The van der Waals surface area contributed by atoms with E-state index < -0.39 is 17.1 Å². The zero-order valence-corrected chi connectivity index (χ0v) is 24.7. The number of carbonyl (C=O) groups excluding carboxylic acids is 3. The van der Waals surface area contributed by atoms with Gasteiger partial charge in [-0.1, -0.05) is 73.1 Å². The summed E-state index contributed by atoms with van der Waals surface area (Å²) in [6.07, 6.45) is 2.18. The van der Waals surface area contributed by atoms with Crippen LogP contribution in [0.3, 0.4) is 0 Å². The maximum absolute atomic E-state index is 13.4. The summed E-state index contributed by atoms with van der Waals surface area (Å²) >= 11 is 7.48. The first-order chi connectivity index (χ1) is 20.4. The number of hydrogen-bond acceptors (Lipinski definition) is 5. The van der Waals surface area contributed by atoms with E-state index in [1.54, 1.807) is 66.7 Å². The molecule has 7 nitrogen and oxygen atoms in total. The number of hydrogen-bond donors (Lipinski definition) is 3. The van der Waals surface area contributed by atoms with Crippen LogP contribution in [0.1, 0.15) is 29.3 Å². The van der Waals surface area contributed by atoms with Crippen molar-refractivity contribution in [1.29, 1.82) is 0 Å². The molecule has 0 saturated heterocycles. The normalized spacial score (nSPS) is 11.7. The van der Waals surface area contributed by atoms with Gasteiger partial charge in [0.15, 0.2) is 0 Å². The Hall–Kier alpha value is -4.53. The molecule has 3 amide bonds. The molecule has 0 heterocycles. The van der Waals surface area contributed by atoms with Gasteiger partial charge in [-0.25, -0.2) is 0 Å². The predicted octanol–water partition coefficient (Wildman–Crippen LogP) is 7.27. The summed E-state index contributed by atoms with van der Waals surface area (Å²) in [4.78, 5) is 40.2. The zero-order chi connectivity index (χ0) is 29.9. The third-order valence-corrected chi connectivity index (χ3v) is 7.69. The van der Waals surface area contributed by atoms with E-state index in [0.717, 1.165) is 10.5 Å². The number of methoxy groups -OCH3 is 1. The Kier molecular flexibility index (Phi) is 10.8. The average Bonchev–Trinajstić information content (AvgIpc) is 3.00. The molecule has 0 fully saturated rings. The number of thioether (sulfide) groups is 1. The molecular formula is C33H30ClN3O4S. The highest BCUT2D eigenvalue weighted by atomic mass is 35.5. The third kappa shape index (κ3) is 8.49. The molecule has 214 valence electrons. The molecule has 3 N–H and O–H groups in total. The summed E-state index contributed by atoms with van der Waals surface area (Å²) in [5.74, 6) is -0.571. The highest BCUT2D eigenvalue weighted by Gasteiger charge is 2.21. The molecule has 4 aromatic rings. The number of rotatable bonds is 11. The highest BCUT2D eigenvalue weighted by Crippen LogP contribution is 2.31. The summed E-state index contributed by atoms with van der Waals surface area (Å²) in [6.45, 7) is 1.92. The van der Waals surface area contributed by atoms with Gasteiger partial charge >= 0.3 is 0 Å². The molecule has 9 heteroatoms. The van der Waals surface area contributed by atoms with E-state index in [0.29, 0.717) is 34.1 Å². The van der Waals surface area contributed by atoms with Gasteiger partial charge in [0.05, 0.1) is 18.0 Å². The minimum Gasteiger partial charge on any atom is -0.495 e. The minimum atomic E-state index is -0.483. The standard InChI is InChI=1S/C33H30ClN3O4S/c1-3-30(33(40)36-27-20-24(34)17-18-29(27)41-2)42-26-16-10-15-25(21-26)35-32(39)28(19-22-11-6-4-7-12-22)37-31(38)23-13-8-5-9-14-23/h4-21,30H,3H2,1-2H3,(H,35,39)(H,36,40)(H,37,38)/b28-19-. The maximum Gasteiger partial charge on any atom is 0.272 e. The quantitative estimate of drug-likeness (QED) is 0.124. The van der Waals surface area contributed by atoms with Crippen LogP contribution in [0.2, 0.25) is 5.02 Å². The van der Waals surface area contributed by atoms with E-state index in [4.69, 9.17) is 16.3 Å². The summed E-state index contributed by atoms with van der Waals surface area (Å²) < 4.78 is 5.34. The molecule has 42 heavy (non-hydrogen) atoms. The summed E-state index contributed by atoms with van der Waals surface area (Å²) in [7, 11) is 1.53. The number of nitrogens with one attached hydrogen (secondary N) is 3. The van der Waals surface area contributed by atoms with Gasteiger partial charge in [-0.15, -0.1) is 11.8 Å². The molecule has 4 rings (SSSR count). The Morgan fingerprint density at radius 1 is 0.881 bits per heavy atom. The van der Waals surface area contributed by atoms with Gasteiger partial charge in [0.2, 0.25) is 5.91 Å². The van der Waals surface area contributed by atoms with E-state index >= 15 is 0 Å². The molecule has 0 spiro atoms. The average molecular weight is 600 g/mol. The Labute approximate surface area is 254 Å². The van der Waals surface area contributed by atoms with Crippen LogP contribution in [0.5, 0.6) is 5.75 Å². The Balaban J connectivity index is 1.49. The summed E-state index contributed by atoms with van der Waals surface area (Å²) in [5.41, 5.74) is 2.29. The number of halogens is 1. The Morgan fingerprint density at radius 2 is 1.60 bits per heavy atom. The first-order valence-corrected chi connectivity index (χ1v) is 14.5. The molecule has 0 radical (unpaired) electrons. The van der Waals surface area contributed by atoms with Crippen LogP contribution in [0.4, 0.5) is 11.4 Å². The molecule has 0 aliphatic carbocycles. The van der Waals surface area contributed by atoms with Crippen LogP contribution >= 0.6 is 23.4 Å². The van der Waals surface area contributed by atoms with Gasteiger partial charge in [-0.3, -0.25) is 14.4 Å². The van der Waals surface area contributed by atoms with Crippen LogP contribution < -0.4 is 20.7 Å². The first kappa shape index (κ1) is 30.4. The zero-order valence-electron chi connectivity index (χ0n) is 23.1. The van der Waals surface area contributed by atoms with Crippen LogP contribution in [-0.4, -0.2) is 30.1 Å². The van der Waals surface area contributed by atoms with E-state index in [2.05, 4.69) is 16.0 Å². The molecule has 4 aromatic carbocycles. The second-order valence-corrected chi connectivity index (χ2v) is 10.8. The first-order valence-electron chi connectivity index (χ1n) is 13.2. The van der Waals surface area contributed by atoms with Crippen molar-refractivity contribution in [3.8, 4) is 5.75 Å². The van der Waals surface area contributed by atoms with Gasteiger partial charge in [0, 0.05) is 21.2 Å². The van der Waals surface area contributed by atoms with E-state index in [1.807, 2.05) is 49.4 Å². The highest BCUT2D eigenvalue weighted by molar-refractivity contribution is 8.00. The second-order valence-electron chi connectivity index (χ2n) is 9.12. The van der Waals surface area contributed by atoms with E-state index in [1.165, 1.54) is 18.9 Å². The third-order valence-electron chi connectivity index (χ3n) is 6.09. The summed E-state index contributed by atoms with van der Waals surface area (Å²) in [5, 5.41) is 8.58. The molecule has 0 aliphatic rings. The van der Waals surface area contributed by atoms with Crippen molar-refractivity contribution in [2.24, 2.45) is 0 Å². The lowest BCUT2D eigenvalue weighted by molar-refractivity contribution is -0.116. The van der Waals surface area contributed by atoms with Gasteiger partial charge in [0.25, 0.3) is 11.8 Å². The SMILES string of the molecule is CCC(Sc1cccc(NC(=O)/C(=C/c2ccccc2)NC(=O)c2ccccc2)c1)C(=O)Nc1cc(Cl)ccc1OC. The molecule has 0 aromatic heterocycles. The van der Waals surface area contributed by atoms with Gasteiger partial charge in [0.1, 0.15) is 11.4 Å². The van der Waals surface area contributed by atoms with E-state index in [9.17, 15) is 14.4 Å². The lowest BCUT2D eigenvalue weighted by atomic mass is 10.1. The van der Waals surface area contributed by atoms with Crippen LogP contribution in [0, 0.1) is 0 Å². The fourth-order valence-electron chi connectivity index (χ4n) is 3.98. The van der Waals surface area contributed by atoms with Crippen molar-refractivity contribution in [3.05, 3.63) is 125 Å². The van der Waals surface area contributed by atoms with Gasteiger partial charge in [-0.05, 0) is 66.6 Å². The van der Waals surface area contributed by atoms with Crippen LogP contribution in [0.15, 0.2) is 114 Å². The molecule has 1 atom stereocenters. The van der Waals surface area contributed by atoms with Crippen molar-refractivity contribution >= 4 is 58.5 Å². The van der Waals surface area contributed by atoms with Crippen LogP contribution in [0.25, 0.3) is 6.08 Å². The molecule has 0 bridgehead atoms. The lowest BCUT2D eigenvalue weighted by Crippen LogP contribution is -2.30. The van der Waals surface area contributed by atoms with E-state index in [-0.39, 0.29) is 11.6 Å². The second kappa shape index (κ2) is 14.9. The molecule has 0 aliphatic heterocycles. The molecule has 1 unspecified atom stereocenters. The molecular weight excluding hydrogens is 570 g/mol. The largest absolute Gasteiger partial charge is 0.495 e. The predicted molar refractivity (Wildman–Crippen MR) is 170 cm³/mol. The van der Waals surface area contributed by atoms with Crippen molar-refractivity contribution < 1.29 is 19.1 Å². The minimum absolute atomic E-state index is 0.0920. The van der Waals surface area contributed by atoms with Crippen LogP contribution in [-0.2, 0) is 9.59 Å². The van der Waals surface area contributed by atoms with Crippen molar-refractivity contribution in [3.63, 3.8) is 0 Å². The monoisotopic (exact) mass is 599 g/mol. The van der Waals surface area contributed by atoms with Gasteiger partial charge in [-0.2, -0.15) is 0 Å². The number of amides is 3. The van der Waals surface area contributed by atoms with Crippen molar-refractivity contribution in [2.75, 3.05) is 17.7 Å². The number of benzene rings is 4. The maximum atomic E-state index is 13.4. The Bertz CT molecular complexity index is 1580. The fraction of sp³-hybridized carbons (Fsp3) is 0.121. The van der Waals surface area contributed by atoms with Crippen molar-refractivity contribution in [1.82, 2.24) is 5.32 Å². The van der Waals surface area contributed by atoms with Gasteiger partial charge < -0.3 is 20.7 Å². The smallest absolute Gasteiger partial charge is 0.272 e. The number of anilines is 2. The lowest BCUT2D eigenvalue weighted by Gasteiger charge is -2.17. The number of ether oxygens (including phenoxy) is 1. The Morgan fingerprint density at radius 3 is 2.29 bits per heavy atom. The topological polar surface area (TPSA) is 96.5 Å².